The van der Waals surface area contributed by atoms with Crippen LogP contribution in [0.4, 0.5) is 68.2 Å². The zero-order chi connectivity index (χ0) is 89.5. The molecular formula is C105H92N4O16S4. The highest BCUT2D eigenvalue weighted by Gasteiger charge is 2.56. The van der Waals surface area contributed by atoms with Crippen molar-refractivity contribution in [3.8, 4) is 153 Å². The van der Waals surface area contributed by atoms with Gasteiger partial charge >= 0.3 is 0 Å². The van der Waals surface area contributed by atoms with Crippen molar-refractivity contribution in [1.82, 2.24) is 0 Å². The Bertz CT molecular complexity index is 5630. The predicted molar refractivity (Wildman–Crippen MR) is 520 cm³/mol. The number of thiophene rings is 4. The molecule has 2 aliphatic carbocycles. The molecule has 16 aromatic rings. The summed E-state index contributed by atoms with van der Waals surface area (Å²) in [6.45, 7) is 0. The molecule has 0 radical (unpaired) electrons. The fourth-order valence-corrected chi connectivity index (χ4v) is 23.0. The molecule has 20 nitrogen and oxygen atoms in total. The van der Waals surface area contributed by atoms with Gasteiger partial charge in [-0.2, -0.15) is 0 Å². The minimum atomic E-state index is -0.882. The van der Waals surface area contributed by atoms with Gasteiger partial charge in [-0.3, -0.25) is 19.6 Å². The lowest BCUT2D eigenvalue weighted by Crippen LogP contribution is -2.24. The molecule has 129 heavy (non-hydrogen) atoms. The number of hydrogen-bond donors (Lipinski definition) is 0. The third kappa shape index (κ3) is 14.3. The molecule has 0 fully saturated rings. The van der Waals surface area contributed by atoms with E-state index in [1.54, 1.807) is 159 Å². The molecule has 0 bridgehead atoms. The fraction of sp³-hybridized carbons (Fsp3) is 0.162. The Labute approximate surface area is 765 Å². The van der Waals surface area contributed by atoms with E-state index in [1.165, 1.54) is 41.8 Å². The molecule has 1 spiro atoms. The first-order valence-electron chi connectivity index (χ1n) is 41.2. The Hall–Kier alpha value is -14.6. The summed E-state index contributed by atoms with van der Waals surface area (Å²) < 4.78 is 98.6. The average molecular weight is 1790 g/mol. The molecule has 652 valence electrons. The minimum Gasteiger partial charge on any atom is -0.494 e. The monoisotopic (exact) mass is 1790 g/mol. The van der Waals surface area contributed by atoms with E-state index in [2.05, 4.69) is 141 Å². The van der Waals surface area contributed by atoms with Crippen molar-refractivity contribution < 1.29 is 75.8 Å². The Morgan fingerprint density at radius 1 is 0.171 bits per heavy atom. The standard InChI is InChI=1S/C105H92N4O16S4/c1-110-73-25-17-26-74(111-2)93(73)106(94-75(112-3)27-18-28-76(94)113-4)65-49-41-61(42-50-65)89-57-69-101(126-89)102-70(58-90(127-102)62-43-51-66(52-44-62)107(95-77(114-5)29-19-30-78(95)115-6)96-79(116-7)31-20-32-80(96)117-8)105(69)71-59-91(63-45-53-67(54-46-63)108(97-81(118-9)33-21-34-82(97)119-10)98-83(120-11)35-22-36-84(98)121-12)128-103(71)104-72(105)60-92(129-104)64-47-55-68(56-48-64)109(99-85(122-13)37-23-38-86(99)123-14)100-87(124-15)39-24-40-88(100)125-16/h17-60H,1-16H3. The molecule has 2 aliphatic rings. The maximum absolute atomic E-state index is 6.17. The first-order chi connectivity index (χ1) is 63.3. The zero-order valence-electron chi connectivity index (χ0n) is 73.9. The number of nitrogens with zero attached hydrogens (tertiary/aromatic N) is 4. The van der Waals surface area contributed by atoms with Crippen LogP contribution in [0.1, 0.15) is 22.3 Å². The van der Waals surface area contributed by atoms with Crippen molar-refractivity contribution in [2.24, 2.45) is 0 Å². The summed E-state index contributed by atoms with van der Waals surface area (Å²) in [7, 11) is 26.6. The van der Waals surface area contributed by atoms with Crippen LogP contribution in [0.25, 0.3) is 61.3 Å². The number of para-hydroxylation sites is 8. The van der Waals surface area contributed by atoms with Crippen molar-refractivity contribution in [2.45, 2.75) is 5.41 Å². The highest BCUT2D eigenvalue weighted by atomic mass is 32.1. The van der Waals surface area contributed by atoms with Crippen molar-refractivity contribution >= 4 is 114 Å². The van der Waals surface area contributed by atoms with Crippen LogP contribution in [0.5, 0.6) is 92.0 Å². The lowest BCUT2D eigenvalue weighted by Gasteiger charge is -2.30. The molecule has 4 heterocycles. The van der Waals surface area contributed by atoms with Crippen LogP contribution < -0.4 is 95.4 Å². The minimum absolute atomic E-state index is 0.582. The number of hydrogen-bond acceptors (Lipinski definition) is 24. The largest absolute Gasteiger partial charge is 0.494 e. The first kappa shape index (κ1) is 85.2. The van der Waals surface area contributed by atoms with Gasteiger partial charge in [-0.25, -0.2) is 0 Å². The summed E-state index contributed by atoms with van der Waals surface area (Å²) in [6.07, 6.45) is 0. The molecule has 0 unspecified atom stereocenters. The third-order valence-electron chi connectivity index (χ3n) is 23.6. The molecule has 24 heteroatoms. The molecule has 0 N–H and O–H groups in total. The molecule has 0 aliphatic heterocycles. The molecule has 0 amide bonds. The summed E-state index contributed by atoms with van der Waals surface area (Å²) in [6, 6.07) is 90.5. The number of methoxy groups -OCH3 is 16. The van der Waals surface area contributed by atoms with Gasteiger partial charge in [0.2, 0.25) is 0 Å². The lowest BCUT2D eigenvalue weighted by atomic mass is 9.72. The SMILES string of the molecule is COc1cccc(OC)c1N(c1ccc(-c2cc3c(s2)-c2sc(-c4ccc(N(c5c(OC)cccc5OC)c5c(OC)cccc5OC)cc4)cc2C32c3cc(-c4ccc(N(c5c(OC)cccc5OC)c5c(OC)cccc5OC)cc4)sc3-c3sc(-c4ccc(N(c5c(OC)cccc5OC)c5c(OC)cccc5OC)cc4)cc32)cc1)c1c(OC)cccc1OC. The van der Waals surface area contributed by atoms with Gasteiger partial charge in [-0.15, -0.1) is 45.3 Å². The second kappa shape index (κ2) is 36.1. The van der Waals surface area contributed by atoms with Gasteiger partial charge in [0, 0.05) is 42.3 Å². The van der Waals surface area contributed by atoms with Gasteiger partial charge in [0.25, 0.3) is 0 Å². The van der Waals surface area contributed by atoms with Crippen molar-refractivity contribution in [2.75, 3.05) is 133 Å². The van der Waals surface area contributed by atoms with Crippen LogP contribution in [0.3, 0.4) is 0 Å². The van der Waals surface area contributed by atoms with E-state index in [-0.39, 0.29) is 0 Å². The van der Waals surface area contributed by atoms with Crippen LogP contribution in [0.2, 0.25) is 0 Å². The maximum atomic E-state index is 6.17. The second-order valence-electron chi connectivity index (χ2n) is 29.8. The number of fused-ring (bicyclic) bond motifs is 10. The average Bonchev–Trinajstić information content (AvgIpc) is 1.49. The lowest BCUT2D eigenvalue weighted by molar-refractivity contribution is 0.390. The van der Waals surface area contributed by atoms with Crippen LogP contribution in [-0.2, 0) is 5.41 Å². The quantitative estimate of drug-likeness (QED) is 0.0391. The van der Waals surface area contributed by atoms with Gasteiger partial charge < -0.3 is 75.8 Å². The van der Waals surface area contributed by atoms with E-state index in [9.17, 15) is 0 Å². The van der Waals surface area contributed by atoms with Crippen molar-refractivity contribution in [3.63, 3.8) is 0 Å². The Kier molecular flexibility index (Phi) is 23.8. The first-order valence-corrected chi connectivity index (χ1v) is 44.4. The van der Waals surface area contributed by atoms with E-state index in [4.69, 9.17) is 75.8 Å². The predicted octanol–water partition coefficient (Wildman–Crippen LogP) is 27.0. The van der Waals surface area contributed by atoms with E-state index < -0.39 is 5.41 Å². The van der Waals surface area contributed by atoms with Gasteiger partial charge in [-0.1, -0.05) is 97.1 Å². The summed E-state index contributed by atoms with van der Waals surface area (Å²) in [5, 5.41) is 0. The Morgan fingerprint density at radius 2 is 0.295 bits per heavy atom. The number of benzene rings is 12. The molecule has 0 saturated heterocycles. The van der Waals surface area contributed by atoms with Crippen LogP contribution in [0.15, 0.2) is 267 Å². The summed E-state index contributed by atoms with van der Waals surface area (Å²) >= 11 is 7.20. The molecule has 0 saturated carbocycles. The molecule has 4 aromatic heterocycles. The number of ether oxygens (including phenoxy) is 16. The van der Waals surface area contributed by atoms with E-state index in [0.29, 0.717) is 137 Å². The van der Waals surface area contributed by atoms with Crippen LogP contribution >= 0.6 is 45.3 Å². The van der Waals surface area contributed by atoms with Gasteiger partial charge in [0.05, 0.1) is 139 Å². The van der Waals surface area contributed by atoms with E-state index >= 15 is 0 Å². The third-order valence-corrected chi connectivity index (χ3v) is 28.7. The molecule has 0 atom stereocenters. The van der Waals surface area contributed by atoms with Crippen LogP contribution in [0, 0.1) is 0 Å². The van der Waals surface area contributed by atoms with E-state index in [0.717, 1.165) is 64.5 Å². The Morgan fingerprint density at radius 3 is 0.411 bits per heavy atom. The normalized spacial score (nSPS) is 11.8. The number of rotatable bonds is 32. The van der Waals surface area contributed by atoms with Gasteiger partial charge in [0.15, 0.2) is 0 Å². The highest BCUT2D eigenvalue weighted by Crippen LogP contribution is 2.71. The van der Waals surface area contributed by atoms with Crippen molar-refractivity contribution in [3.05, 3.63) is 289 Å². The highest BCUT2D eigenvalue weighted by molar-refractivity contribution is 7.27. The van der Waals surface area contributed by atoms with Crippen LogP contribution in [-0.4, -0.2) is 114 Å². The summed E-state index contributed by atoms with van der Waals surface area (Å²) in [5.41, 5.74) is 16.4. The molecular weight excluding hydrogens is 1700 g/mol. The zero-order valence-corrected chi connectivity index (χ0v) is 77.1. The second-order valence-corrected chi connectivity index (χ2v) is 34.0. The summed E-state index contributed by atoms with van der Waals surface area (Å²) in [4.78, 5) is 17.3. The Balaban J connectivity index is 0.858. The fourth-order valence-electron chi connectivity index (χ4n) is 17.8. The maximum Gasteiger partial charge on any atom is 0.146 e. The topological polar surface area (TPSA) is 161 Å². The smallest absolute Gasteiger partial charge is 0.146 e. The number of anilines is 12. The van der Waals surface area contributed by atoms with Gasteiger partial charge in [-0.05, 0) is 214 Å². The van der Waals surface area contributed by atoms with E-state index in [1.807, 2.05) is 146 Å². The molecule has 12 aromatic carbocycles. The van der Waals surface area contributed by atoms with Gasteiger partial charge in [0.1, 0.15) is 137 Å². The van der Waals surface area contributed by atoms with Crippen molar-refractivity contribution in [1.29, 1.82) is 0 Å². The summed E-state index contributed by atoms with van der Waals surface area (Å²) in [5.74, 6) is 9.32. The molecule has 18 rings (SSSR count).